The van der Waals surface area contributed by atoms with Gasteiger partial charge in [0.1, 0.15) is 5.82 Å². The van der Waals surface area contributed by atoms with Gasteiger partial charge in [-0.1, -0.05) is 18.5 Å². The molecular weight excluding hydrogens is 251 g/mol. The minimum absolute atomic E-state index is 0.254. The molecule has 0 bridgehead atoms. The van der Waals surface area contributed by atoms with Crippen molar-refractivity contribution in [3.05, 3.63) is 29.0 Å². The minimum atomic E-state index is -0.254. The van der Waals surface area contributed by atoms with E-state index in [9.17, 15) is 4.39 Å². The Morgan fingerprint density at radius 1 is 1.39 bits per heavy atom. The highest BCUT2D eigenvalue weighted by molar-refractivity contribution is 6.33. The van der Waals surface area contributed by atoms with Crippen LogP contribution in [0.15, 0.2) is 18.2 Å². The number of hydrogen-bond acceptors (Lipinski definition) is 2. The highest BCUT2D eigenvalue weighted by Crippen LogP contribution is 2.28. The average molecular weight is 271 g/mol. The van der Waals surface area contributed by atoms with E-state index in [2.05, 4.69) is 31.1 Å². The molecular formula is C14H20ClFN2. The molecule has 1 N–H and O–H groups in total. The molecule has 0 saturated carbocycles. The molecule has 0 radical (unpaired) electrons. The van der Waals surface area contributed by atoms with E-state index in [1.54, 1.807) is 6.07 Å². The smallest absolute Gasteiger partial charge is 0.125 e. The van der Waals surface area contributed by atoms with Crippen LogP contribution in [0.5, 0.6) is 0 Å². The molecule has 100 valence electrons. The van der Waals surface area contributed by atoms with Crippen molar-refractivity contribution in [2.24, 2.45) is 5.92 Å². The van der Waals surface area contributed by atoms with Crippen molar-refractivity contribution in [2.75, 3.05) is 18.9 Å². The van der Waals surface area contributed by atoms with Crippen molar-refractivity contribution in [3.8, 4) is 0 Å². The summed E-state index contributed by atoms with van der Waals surface area (Å²) in [6.07, 6.45) is 1.05. The van der Waals surface area contributed by atoms with Crippen LogP contribution < -0.4 is 5.32 Å². The van der Waals surface area contributed by atoms with Gasteiger partial charge in [-0.25, -0.2) is 4.39 Å². The van der Waals surface area contributed by atoms with E-state index in [1.807, 2.05) is 0 Å². The van der Waals surface area contributed by atoms with Crippen LogP contribution >= 0.6 is 11.6 Å². The molecule has 1 heterocycles. The Labute approximate surface area is 113 Å². The average Bonchev–Trinajstić information content (AvgIpc) is 2.30. The molecule has 1 aromatic rings. The van der Waals surface area contributed by atoms with Crippen LogP contribution in [0.25, 0.3) is 0 Å². The normalized spacial score (nSPS) is 29.3. The number of nitrogens with zero attached hydrogens (tertiary/aromatic N) is 1. The number of piperidine rings is 1. The third-order valence-corrected chi connectivity index (χ3v) is 4.21. The maximum absolute atomic E-state index is 13.2. The molecule has 2 rings (SSSR count). The fraction of sp³-hybridized carbons (Fsp3) is 0.571. The van der Waals surface area contributed by atoms with Crippen LogP contribution in [0.3, 0.4) is 0 Å². The molecule has 0 spiro atoms. The number of likely N-dealkylation sites (tertiary alicyclic amines) is 1. The summed E-state index contributed by atoms with van der Waals surface area (Å²) in [6.45, 7) is 5.48. The maximum Gasteiger partial charge on any atom is 0.125 e. The molecule has 2 nitrogen and oxygen atoms in total. The number of benzene rings is 1. The first-order valence-corrected chi connectivity index (χ1v) is 6.77. The Balaban J connectivity index is 2.11. The van der Waals surface area contributed by atoms with Crippen molar-refractivity contribution in [1.29, 1.82) is 0 Å². The molecule has 1 fully saturated rings. The summed E-state index contributed by atoms with van der Waals surface area (Å²) in [7, 11) is 2.15. The molecule has 0 aromatic heterocycles. The Bertz CT molecular complexity index is 424. The molecule has 3 unspecified atom stereocenters. The molecule has 1 aliphatic rings. The molecule has 1 saturated heterocycles. The summed E-state index contributed by atoms with van der Waals surface area (Å²) in [5.41, 5.74) is 0.699. The van der Waals surface area contributed by atoms with E-state index >= 15 is 0 Å². The lowest BCUT2D eigenvalue weighted by Crippen LogP contribution is -2.48. The molecule has 1 aromatic carbocycles. The van der Waals surface area contributed by atoms with Gasteiger partial charge in [0.05, 0.1) is 10.7 Å². The predicted molar refractivity (Wildman–Crippen MR) is 74.7 cm³/mol. The Hall–Kier alpha value is -0.800. The first-order chi connectivity index (χ1) is 8.47. The zero-order chi connectivity index (χ0) is 13.3. The highest BCUT2D eigenvalue weighted by Gasteiger charge is 2.29. The predicted octanol–water partition coefficient (Wildman–Crippen LogP) is 3.62. The van der Waals surface area contributed by atoms with Crippen molar-refractivity contribution in [2.45, 2.75) is 32.4 Å². The fourth-order valence-electron chi connectivity index (χ4n) is 2.55. The van der Waals surface area contributed by atoms with Crippen molar-refractivity contribution < 1.29 is 4.39 Å². The number of hydrogen-bond donors (Lipinski definition) is 1. The fourth-order valence-corrected chi connectivity index (χ4v) is 2.72. The van der Waals surface area contributed by atoms with E-state index < -0.39 is 0 Å². The second-order valence-corrected chi connectivity index (χ2v) is 5.78. The van der Waals surface area contributed by atoms with Crippen molar-refractivity contribution in [3.63, 3.8) is 0 Å². The van der Waals surface area contributed by atoms with Crippen molar-refractivity contribution in [1.82, 2.24) is 4.90 Å². The highest BCUT2D eigenvalue weighted by atomic mass is 35.5. The third kappa shape index (κ3) is 2.96. The molecule has 0 aliphatic carbocycles. The van der Waals surface area contributed by atoms with Gasteiger partial charge in [0, 0.05) is 18.6 Å². The van der Waals surface area contributed by atoms with Gasteiger partial charge in [-0.3, -0.25) is 0 Å². The van der Waals surface area contributed by atoms with Crippen LogP contribution in [0, 0.1) is 11.7 Å². The van der Waals surface area contributed by atoms with Gasteiger partial charge in [0.15, 0.2) is 0 Å². The Morgan fingerprint density at radius 3 is 2.83 bits per heavy atom. The largest absolute Gasteiger partial charge is 0.381 e. The summed E-state index contributed by atoms with van der Waals surface area (Å²) in [4.78, 5) is 2.36. The summed E-state index contributed by atoms with van der Waals surface area (Å²) in [5.74, 6) is 0.265. The molecule has 1 aliphatic heterocycles. The topological polar surface area (TPSA) is 15.3 Å². The quantitative estimate of drug-likeness (QED) is 0.883. The maximum atomic E-state index is 13.2. The second-order valence-electron chi connectivity index (χ2n) is 5.38. The summed E-state index contributed by atoms with van der Waals surface area (Å²) >= 11 is 6.09. The first-order valence-electron chi connectivity index (χ1n) is 6.39. The van der Waals surface area contributed by atoms with Crippen LogP contribution in [-0.4, -0.2) is 30.6 Å². The molecule has 4 heteroatoms. The third-order valence-electron chi connectivity index (χ3n) is 3.88. The van der Waals surface area contributed by atoms with Gasteiger partial charge in [0.2, 0.25) is 0 Å². The number of nitrogens with one attached hydrogen (secondary N) is 1. The van der Waals surface area contributed by atoms with Gasteiger partial charge in [0.25, 0.3) is 0 Å². The lowest BCUT2D eigenvalue weighted by atomic mass is 9.89. The van der Waals surface area contributed by atoms with Gasteiger partial charge in [-0.05, 0) is 44.5 Å². The van der Waals surface area contributed by atoms with E-state index in [-0.39, 0.29) is 5.82 Å². The minimum Gasteiger partial charge on any atom is -0.381 e. The number of halogens is 2. The van der Waals surface area contributed by atoms with Crippen LogP contribution in [0.1, 0.15) is 20.3 Å². The standard InChI is InChI=1S/C14H20ClFN2/c1-9-8-18(3)10(2)6-13(9)17-14-7-11(16)4-5-12(14)15/h4-5,7,9-10,13,17H,6,8H2,1-3H3. The SMILES string of the molecule is CC1CN(C)C(C)CC1Nc1cc(F)ccc1Cl. The first kappa shape index (κ1) is 13.6. The van der Waals surface area contributed by atoms with Gasteiger partial charge in [-0.2, -0.15) is 0 Å². The molecule has 0 amide bonds. The zero-order valence-corrected chi connectivity index (χ0v) is 11.8. The van der Waals surface area contributed by atoms with Gasteiger partial charge in [-0.15, -0.1) is 0 Å². The summed E-state index contributed by atoms with van der Waals surface area (Å²) in [5, 5.41) is 3.97. The van der Waals surface area contributed by atoms with Crippen molar-refractivity contribution >= 4 is 17.3 Å². The van der Waals surface area contributed by atoms with Crippen LogP contribution in [0.2, 0.25) is 5.02 Å². The van der Waals surface area contributed by atoms with Gasteiger partial charge >= 0.3 is 0 Å². The van der Waals surface area contributed by atoms with Crippen LogP contribution in [-0.2, 0) is 0 Å². The lowest BCUT2D eigenvalue weighted by molar-refractivity contribution is 0.145. The lowest BCUT2D eigenvalue weighted by Gasteiger charge is -2.40. The summed E-state index contributed by atoms with van der Waals surface area (Å²) < 4.78 is 13.2. The Morgan fingerprint density at radius 2 is 2.11 bits per heavy atom. The van der Waals surface area contributed by atoms with Crippen LogP contribution in [0.4, 0.5) is 10.1 Å². The number of rotatable bonds is 2. The second kappa shape index (κ2) is 5.45. The van der Waals surface area contributed by atoms with Gasteiger partial charge < -0.3 is 10.2 Å². The van der Waals surface area contributed by atoms with E-state index in [0.717, 1.165) is 13.0 Å². The Kier molecular flexibility index (Phi) is 4.13. The molecule has 18 heavy (non-hydrogen) atoms. The molecule has 3 atom stereocenters. The zero-order valence-electron chi connectivity index (χ0n) is 11.1. The number of anilines is 1. The van der Waals surface area contributed by atoms with E-state index in [4.69, 9.17) is 11.6 Å². The monoisotopic (exact) mass is 270 g/mol. The van der Waals surface area contributed by atoms with E-state index in [0.29, 0.717) is 28.7 Å². The van der Waals surface area contributed by atoms with E-state index in [1.165, 1.54) is 12.1 Å². The summed E-state index contributed by atoms with van der Waals surface area (Å²) in [6, 6.07) is 5.33.